The van der Waals surface area contributed by atoms with E-state index in [1.54, 1.807) is 0 Å². The van der Waals surface area contributed by atoms with Gasteiger partial charge < -0.3 is 9.05 Å². The lowest BCUT2D eigenvalue weighted by molar-refractivity contribution is 0.135. The molecule has 0 fully saturated rings. The van der Waals surface area contributed by atoms with Gasteiger partial charge in [0.2, 0.25) is 0 Å². The molecular formula is C31H35F2O3PSi2. The largest absolute Gasteiger partial charge is 0.396 e. The van der Waals surface area contributed by atoms with E-state index in [1.807, 2.05) is 72.8 Å². The molecule has 0 unspecified atom stereocenters. The molecule has 4 aromatic carbocycles. The summed E-state index contributed by atoms with van der Waals surface area (Å²) in [7, 11) is -9.27. The zero-order valence-electron chi connectivity index (χ0n) is 22.4. The summed E-state index contributed by atoms with van der Waals surface area (Å²) < 4.78 is 52.5. The van der Waals surface area contributed by atoms with E-state index >= 15 is 0 Å². The van der Waals surface area contributed by atoms with Crippen LogP contribution in [0.4, 0.5) is 8.78 Å². The van der Waals surface area contributed by atoms with Crippen LogP contribution >= 0.6 is 7.60 Å². The summed E-state index contributed by atoms with van der Waals surface area (Å²) in [5.74, 6) is 0. The molecule has 0 saturated carbocycles. The molecule has 0 heterocycles. The molecule has 4 rings (SSSR count). The minimum Gasteiger partial charge on any atom is -0.305 e. The van der Waals surface area contributed by atoms with Crippen LogP contribution in [0, 0.1) is 0 Å². The molecule has 0 aliphatic heterocycles. The molecule has 0 aliphatic carbocycles. The third kappa shape index (κ3) is 6.91. The third-order valence-electron chi connectivity index (χ3n) is 7.63. The van der Waals surface area contributed by atoms with Crippen molar-refractivity contribution in [1.82, 2.24) is 0 Å². The fourth-order valence-electron chi connectivity index (χ4n) is 5.04. The lowest BCUT2D eigenvalue weighted by Crippen LogP contribution is -2.56. The topological polar surface area (TPSA) is 35.5 Å². The highest BCUT2D eigenvalue weighted by Gasteiger charge is 2.40. The first kappa shape index (κ1) is 29.3. The number of alkyl halides is 2. The molecule has 0 amide bonds. The summed E-state index contributed by atoms with van der Waals surface area (Å²) in [6, 6.07) is 41.3. The Morgan fingerprint density at radius 3 is 1.05 bits per heavy atom. The highest BCUT2D eigenvalue weighted by molar-refractivity contribution is 7.54. The molecule has 204 valence electrons. The van der Waals surface area contributed by atoms with Gasteiger partial charge in [0.1, 0.15) is 16.1 Å². The van der Waals surface area contributed by atoms with Crippen molar-refractivity contribution in [2.45, 2.75) is 31.3 Å². The molecule has 4 aromatic rings. The van der Waals surface area contributed by atoms with Crippen LogP contribution in [-0.4, -0.2) is 35.5 Å². The third-order valence-corrected chi connectivity index (χ3v) is 18.0. The zero-order chi connectivity index (χ0) is 27.8. The van der Waals surface area contributed by atoms with E-state index in [9.17, 15) is 13.3 Å². The number of halogens is 2. The summed E-state index contributed by atoms with van der Waals surface area (Å²) in [5, 5.41) is 4.67. The first-order valence-corrected chi connectivity index (χ1v) is 20.2. The van der Waals surface area contributed by atoms with E-state index in [0.29, 0.717) is 12.1 Å². The molecular weight excluding hydrogens is 545 g/mol. The average molecular weight is 581 g/mol. The van der Waals surface area contributed by atoms with Gasteiger partial charge in [0.25, 0.3) is 0 Å². The molecule has 0 radical (unpaired) electrons. The molecule has 3 nitrogen and oxygen atoms in total. The minimum absolute atomic E-state index is 0.0693. The van der Waals surface area contributed by atoms with Gasteiger partial charge in [0.05, 0.1) is 13.2 Å². The summed E-state index contributed by atoms with van der Waals surface area (Å²) in [5.41, 5.74) is 0. The van der Waals surface area contributed by atoms with E-state index in [0.717, 1.165) is 0 Å². The highest BCUT2D eigenvalue weighted by Crippen LogP contribution is 2.54. The van der Waals surface area contributed by atoms with Crippen molar-refractivity contribution in [2.24, 2.45) is 0 Å². The Kier molecular flexibility index (Phi) is 9.86. The van der Waals surface area contributed by atoms with Crippen LogP contribution in [0.3, 0.4) is 0 Å². The Hall–Kier alpha value is -2.68. The van der Waals surface area contributed by atoms with Crippen molar-refractivity contribution in [3.63, 3.8) is 0 Å². The molecule has 0 aromatic heterocycles. The van der Waals surface area contributed by atoms with Gasteiger partial charge in [-0.05, 0) is 12.1 Å². The second kappa shape index (κ2) is 13.1. The monoisotopic (exact) mass is 580 g/mol. The predicted molar refractivity (Wildman–Crippen MR) is 163 cm³/mol. The van der Waals surface area contributed by atoms with Gasteiger partial charge in [-0.25, -0.2) is 0 Å². The standard InChI is InChI=1S/C31H35F2O3PSi2/c1-38(27-15-7-3-8-16-27,28-17-9-4-10-18-28)25-23-35-37(34,31(32)33)36-24-26-39(2,29-19-11-5-12-20-29)30-21-13-6-14-22-30/h3-22,31H,23-26H2,1-2H3. The normalized spacial score (nSPS) is 12.5. The van der Waals surface area contributed by atoms with Crippen LogP contribution in [0.15, 0.2) is 121 Å². The second-order valence-electron chi connectivity index (χ2n) is 10.1. The summed E-state index contributed by atoms with van der Waals surface area (Å²) >= 11 is 0. The van der Waals surface area contributed by atoms with Gasteiger partial charge >= 0.3 is 13.8 Å². The van der Waals surface area contributed by atoms with Gasteiger partial charge in [-0.15, -0.1) is 0 Å². The van der Waals surface area contributed by atoms with Crippen molar-refractivity contribution in [1.29, 1.82) is 0 Å². The van der Waals surface area contributed by atoms with Crippen molar-refractivity contribution < 1.29 is 22.4 Å². The van der Waals surface area contributed by atoms with E-state index in [4.69, 9.17) is 9.05 Å². The Bertz CT molecular complexity index is 1170. The van der Waals surface area contributed by atoms with Gasteiger partial charge in [0, 0.05) is 0 Å². The van der Waals surface area contributed by atoms with Gasteiger partial charge in [-0.3, -0.25) is 4.57 Å². The van der Waals surface area contributed by atoms with E-state index in [-0.39, 0.29) is 13.2 Å². The van der Waals surface area contributed by atoms with Crippen LogP contribution in [-0.2, 0) is 13.6 Å². The molecule has 0 saturated heterocycles. The average Bonchev–Trinajstić information content (AvgIpc) is 2.98. The molecule has 0 bridgehead atoms. The zero-order valence-corrected chi connectivity index (χ0v) is 25.3. The smallest absolute Gasteiger partial charge is 0.305 e. The van der Waals surface area contributed by atoms with Crippen LogP contribution in [0.5, 0.6) is 0 Å². The Labute approximate surface area is 232 Å². The maximum atomic E-state index is 14.1. The number of rotatable bonds is 13. The maximum absolute atomic E-state index is 14.1. The fourth-order valence-corrected chi connectivity index (χ4v) is 12.9. The molecule has 39 heavy (non-hydrogen) atoms. The first-order chi connectivity index (χ1) is 18.8. The maximum Gasteiger partial charge on any atom is 0.396 e. The lowest BCUT2D eigenvalue weighted by atomic mass is 10.4. The first-order valence-electron chi connectivity index (χ1n) is 13.2. The fraction of sp³-hybridized carbons (Fsp3) is 0.226. The van der Waals surface area contributed by atoms with Crippen molar-refractivity contribution in [3.05, 3.63) is 121 Å². The number of hydrogen-bond acceptors (Lipinski definition) is 3. The number of hydrogen-bond donors (Lipinski definition) is 0. The quantitative estimate of drug-likeness (QED) is 0.139. The SMILES string of the molecule is C[Si](CCOP(=O)(OCC[Si](C)(c1ccccc1)c1ccccc1)C(F)F)(c1ccccc1)c1ccccc1. The molecule has 0 atom stereocenters. The molecule has 0 N–H and O–H groups in total. The Balaban J connectivity index is 1.48. The van der Waals surface area contributed by atoms with Crippen LogP contribution in [0.25, 0.3) is 0 Å². The van der Waals surface area contributed by atoms with Crippen molar-refractivity contribution >= 4 is 44.5 Å². The van der Waals surface area contributed by atoms with Crippen LogP contribution in [0.1, 0.15) is 0 Å². The van der Waals surface area contributed by atoms with Crippen molar-refractivity contribution in [2.75, 3.05) is 13.2 Å². The second-order valence-corrected chi connectivity index (χ2v) is 20.7. The van der Waals surface area contributed by atoms with E-state index < -0.39 is 29.9 Å². The molecule has 8 heteroatoms. The Morgan fingerprint density at radius 1 is 0.564 bits per heavy atom. The lowest BCUT2D eigenvalue weighted by Gasteiger charge is -2.30. The Morgan fingerprint density at radius 2 is 0.821 bits per heavy atom. The van der Waals surface area contributed by atoms with E-state index in [1.165, 1.54) is 20.7 Å². The summed E-state index contributed by atoms with van der Waals surface area (Å²) in [4.78, 5) is 0. The highest BCUT2D eigenvalue weighted by atomic mass is 31.2. The van der Waals surface area contributed by atoms with Gasteiger partial charge in [-0.1, -0.05) is 155 Å². The van der Waals surface area contributed by atoms with Crippen LogP contribution in [0.2, 0.25) is 25.2 Å². The van der Waals surface area contributed by atoms with Crippen molar-refractivity contribution in [3.8, 4) is 0 Å². The summed E-state index contributed by atoms with van der Waals surface area (Å²) in [6.45, 7) is 4.23. The predicted octanol–water partition coefficient (Wildman–Crippen LogP) is 6.22. The summed E-state index contributed by atoms with van der Waals surface area (Å²) in [6.07, 6.45) is -3.21. The number of benzene rings is 4. The minimum atomic E-state index is -4.62. The molecule has 0 aliphatic rings. The van der Waals surface area contributed by atoms with E-state index in [2.05, 4.69) is 61.6 Å². The van der Waals surface area contributed by atoms with Crippen LogP contribution < -0.4 is 20.7 Å². The van der Waals surface area contributed by atoms with Gasteiger partial charge in [0.15, 0.2) is 0 Å². The molecule has 0 spiro atoms. The van der Waals surface area contributed by atoms with Gasteiger partial charge in [-0.2, -0.15) is 8.78 Å².